The molecule has 2 aromatic rings. The number of halogens is 2. The van der Waals surface area contributed by atoms with Gasteiger partial charge in [0, 0.05) is 10.7 Å². The highest BCUT2D eigenvalue weighted by Crippen LogP contribution is 2.30. The average molecular weight is 453 g/mol. The van der Waals surface area contributed by atoms with E-state index in [2.05, 4.69) is 10.6 Å². The van der Waals surface area contributed by atoms with Crippen molar-refractivity contribution >= 4 is 33.4 Å². The predicted molar refractivity (Wildman–Crippen MR) is 108 cm³/mol. The Balaban J connectivity index is 2.08. The number of esters is 1. The van der Waals surface area contributed by atoms with Crippen LogP contribution in [0.3, 0.4) is 0 Å². The molecule has 1 heterocycles. The summed E-state index contributed by atoms with van der Waals surface area (Å²) in [6.45, 7) is 1.67. The Morgan fingerprint density at radius 3 is 2.37 bits per heavy atom. The number of benzene rings is 2. The second-order valence-electron chi connectivity index (χ2n) is 6.41. The maximum Gasteiger partial charge on any atom is 0.338 e. The van der Waals surface area contributed by atoms with Crippen LogP contribution in [0.1, 0.15) is 18.5 Å². The van der Waals surface area contributed by atoms with Crippen LogP contribution >= 0.6 is 11.6 Å². The van der Waals surface area contributed by atoms with Crippen LogP contribution in [0.5, 0.6) is 0 Å². The summed E-state index contributed by atoms with van der Waals surface area (Å²) in [5.41, 5.74) is 0.375. The summed E-state index contributed by atoms with van der Waals surface area (Å²) in [5.74, 6) is -2.03. The standard InChI is InChI=1S/C20H18ClFN2O5S/c1-2-29-19(25)17-16(11-30(27,28)15-9-7-14(22)8-10-15)23-20(26)24-18(17)12-3-5-13(21)6-4-12/h3-10,18H,2,11H2,1H3,(H2,23,24,26)/t18-/m1/s1. The molecule has 0 saturated heterocycles. The largest absolute Gasteiger partial charge is 0.463 e. The lowest BCUT2D eigenvalue weighted by molar-refractivity contribution is -0.139. The number of sulfone groups is 1. The van der Waals surface area contributed by atoms with Crippen LogP contribution in [-0.4, -0.2) is 32.8 Å². The van der Waals surface area contributed by atoms with Crippen molar-refractivity contribution in [2.24, 2.45) is 0 Å². The zero-order valence-corrected chi connectivity index (χ0v) is 17.4. The highest BCUT2D eigenvalue weighted by atomic mass is 35.5. The second kappa shape index (κ2) is 8.85. The van der Waals surface area contributed by atoms with Crippen LogP contribution < -0.4 is 10.6 Å². The summed E-state index contributed by atoms with van der Waals surface area (Å²) in [7, 11) is -3.99. The molecule has 0 unspecified atom stereocenters. The molecule has 2 N–H and O–H groups in total. The monoisotopic (exact) mass is 452 g/mol. The molecular weight excluding hydrogens is 435 g/mol. The van der Waals surface area contributed by atoms with Crippen LogP contribution in [0, 0.1) is 5.82 Å². The van der Waals surface area contributed by atoms with Gasteiger partial charge in [-0.25, -0.2) is 22.4 Å². The molecule has 0 radical (unpaired) electrons. The maximum absolute atomic E-state index is 13.2. The van der Waals surface area contributed by atoms with Crippen LogP contribution in [0.4, 0.5) is 9.18 Å². The molecule has 0 fully saturated rings. The van der Waals surface area contributed by atoms with Gasteiger partial charge in [-0.15, -0.1) is 0 Å². The zero-order valence-electron chi connectivity index (χ0n) is 15.8. The Kier molecular flexibility index (Phi) is 6.42. The third kappa shape index (κ3) is 4.80. The lowest BCUT2D eigenvalue weighted by Gasteiger charge is -2.29. The molecule has 1 atom stereocenters. The molecule has 1 aliphatic rings. The first-order chi connectivity index (χ1) is 14.2. The summed E-state index contributed by atoms with van der Waals surface area (Å²) in [6.07, 6.45) is 0. The summed E-state index contributed by atoms with van der Waals surface area (Å²) < 4.78 is 43.9. The van der Waals surface area contributed by atoms with Gasteiger partial charge in [0.15, 0.2) is 9.84 Å². The topological polar surface area (TPSA) is 102 Å². The third-order valence-electron chi connectivity index (χ3n) is 4.36. The Labute approximate surface area is 177 Å². The van der Waals surface area contributed by atoms with Gasteiger partial charge < -0.3 is 15.4 Å². The summed E-state index contributed by atoms with van der Waals surface area (Å²) in [6, 6.07) is 9.07. The first kappa shape index (κ1) is 21.8. The number of rotatable bonds is 6. The number of ether oxygens (including phenoxy) is 1. The number of nitrogens with one attached hydrogen (secondary N) is 2. The highest BCUT2D eigenvalue weighted by Gasteiger charge is 2.35. The maximum atomic E-state index is 13.2. The van der Waals surface area contributed by atoms with Gasteiger partial charge in [0.2, 0.25) is 0 Å². The molecule has 0 spiro atoms. The fourth-order valence-electron chi connectivity index (χ4n) is 3.00. The number of amides is 2. The van der Waals surface area contributed by atoms with E-state index in [1.54, 1.807) is 31.2 Å². The third-order valence-corrected chi connectivity index (χ3v) is 6.27. The van der Waals surface area contributed by atoms with Crippen LogP contribution in [0.2, 0.25) is 5.02 Å². The van der Waals surface area contributed by atoms with Crippen molar-refractivity contribution in [1.82, 2.24) is 10.6 Å². The van der Waals surface area contributed by atoms with Crippen LogP contribution in [-0.2, 0) is 19.4 Å². The molecule has 0 aromatic heterocycles. The van der Waals surface area contributed by atoms with E-state index in [-0.39, 0.29) is 22.8 Å². The second-order valence-corrected chi connectivity index (χ2v) is 8.83. The molecule has 10 heteroatoms. The molecule has 0 saturated carbocycles. The Morgan fingerprint density at radius 2 is 1.77 bits per heavy atom. The first-order valence-electron chi connectivity index (χ1n) is 8.92. The van der Waals surface area contributed by atoms with Gasteiger partial charge in [0.25, 0.3) is 0 Å². The van der Waals surface area contributed by atoms with E-state index >= 15 is 0 Å². The quantitative estimate of drug-likeness (QED) is 0.518. The minimum Gasteiger partial charge on any atom is -0.463 e. The summed E-state index contributed by atoms with van der Waals surface area (Å²) >= 11 is 5.91. The Bertz CT molecular complexity index is 1100. The van der Waals surface area contributed by atoms with Crippen LogP contribution in [0.25, 0.3) is 0 Å². The average Bonchev–Trinajstić information content (AvgIpc) is 2.68. The predicted octanol–water partition coefficient (Wildman–Crippen LogP) is 3.12. The van der Waals surface area contributed by atoms with Crippen molar-refractivity contribution in [3.05, 3.63) is 76.2 Å². The van der Waals surface area contributed by atoms with E-state index in [1.807, 2.05) is 0 Å². The van der Waals surface area contributed by atoms with E-state index in [1.165, 1.54) is 0 Å². The summed E-state index contributed by atoms with van der Waals surface area (Å²) in [5, 5.41) is 5.47. The van der Waals surface area contributed by atoms with Crippen LogP contribution in [0.15, 0.2) is 64.7 Å². The van der Waals surface area contributed by atoms with Crippen molar-refractivity contribution < 1.29 is 27.1 Å². The molecule has 158 valence electrons. The lowest BCUT2D eigenvalue weighted by Crippen LogP contribution is -2.47. The van der Waals surface area contributed by atoms with Gasteiger partial charge in [-0.3, -0.25) is 0 Å². The first-order valence-corrected chi connectivity index (χ1v) is 11.0. The van der Waals surface area contributed by atoms with Gasteiger partial charge >= 0.3 is 12.0 Å². The fourth-order valence-corrected chi connectivity index (χ4v) is 4.45. The van der Waals surface area contributed by atoms with E-state index in [4.69, 9.17) is 16.3 Å². The number of hydrogen-bond donors (Lipinski definition) is 2. The normalized spacial score (nSPS) is 16.6. The van der Waals surface area contributed by atoms with Crippen molar-refractivity contribution in [2.75, 3.05) is 12.4 Å². The Morgan fingerprint density at radius 1 is 1.13 bits per heavy atom. The molecule has 0 aliphatic carbocycles. The summed E-state index contributed by atoms with van der Waals surface area (Å²) in [4.78, 5) is 24.8. The van der Waals surface area contributed by atoms with E-state index in [0.29, 0.717) is 10.6 Å². The SMILES string of the molecule is CCOC(=O)C1=C(CS(=O)(=O)c2ccc(F)cc2)NC(=O)N[C@@H]1c1ccc(Cl)cc1. The number of carbonyl (C=O) groups is 2. The Hall–Kier alpha value is -2.91. The minimum atomic E-state index is -3.99. The minimum absolute atomic E-state index is 0.0375. The molecule has 2 aromatic carbocycles. The van der Waals surface area contributed by atoms with Gasteiger partial charge in [0.1, 0.15) is 5.82 Å². The highest BCUT2D eigenvalue weighted by molar-refractivity contribution is 7.91. The van der Waals surface area contributed by atoms with Crippen molar-refractivity contribution in [3.8, 4) is 0 Å². The smallest absolute Gasteiger partial charge is 0.338 e. The molecular formula is C20H18ClFN2O5S. The molecule has 7 nitrogen and oxygen atoms in total. The molecule has 30 heavy (non-hydrogen) atoms. The number of hydrogen-bond acceptors (Lipinski definition) is 5. The van der Waals surface area contributed by atoms with Gasteiger partial charge in [-0.1, -0.05) is 23.7 Å². The van der Waals surface area contributed by atoms with E-state index in [0.717, 1.165) is 24.3 Å². The molecule has 1 aliphatic heterocycles. The molecule has 2 amide bonds. The zero-order chi connectivity index (χ0) is 21.9. The lowest BCUT2D eigenvalue weighted by atomic mass is 9.95. The van der Waals surface area contributed by atoms with Gasteiger partial charge in [-0.2, -0.15) is 0 Å². The van der Waals surface area contributed by atoms with Gasteiger partial charge in [-0.05, 0) is 48.9 Å². The van der Waals surface area contributed by atoms with E-state index in [9.17, 15) is 22.4 Å². The molecule has 3 rings (SSSR count). The van der Waals surface area contributed by atoms with E-state index < -0.39 is 39.4 Å². The molecule has 0 bridgehead atoms. The number of urea groups is 1. The van der Waals surface area contributed by atoms with Gasteiger partial charge in [0.05, 0.1) is 28.9 Å². The van der Waals surface area contributed by atoms with Crippen molar-refractivity contribution in [3.63, 3.8) is 0 Å². The van der Waals surface area contributed by atoms with Crippen molar-refractivity contribution in [2.45, 2.75) is 17.9 Å². The van der Waals surface area contributed by atoms with Crippen molar-refractivity contribution in [1.29, 1.82) is 0 Å². The fraction of sp³-hybridized carbons (Fsp3) is 0.200. The number of carbonyl (C=O) groups excluding carboxylic acids is 2.